The fraction of sp³-hybridized carbons (Fsp3) is 0.606. The molecule has 0 aliphatic heterocycles. The number of benzene rings is 2. The number of carbonyl (C=O) groups excluding carboxylic acids is 1. The highest BCUT2D eigenvalue weighted by molar-refractivity contribution is 5.89. The number of nitrogens with one attached hydrogen (secondary N) is 1. The summed E-state index contributed by atoms with van der Waals surface area (Å²) < 4.78 is 27.6. The second-order valence-corrected chi connectivity index (χ2v) is 9.84. The Balaban J connectivity index is 1.36. The third kappa shape index (κ3) is 16.5. The minimum absolute atomic E-state index is 0.209. The van der Waals surface area contributed by atoms with Crippen LogP contribution in [0.1, 0.15) is 81.1 Å². The van der Waals surface area contributed by atoms with E-state index < -0.39 is 0 Å². The highest BCUT2D eigenvalue weighted by atomic mass is 16.6. The fourth-order valence-electron chi connectivity index (χ4n) is 4.03. The Labute approximate surface area is 241 Å². The summed E-state index contributed by atoms with van der Waals surface area (Å²) in [5, 5.41) is 3.32. The summed E-state index contributed by atoms with van der Waals surface area (Å²) in [6.45, 7) is 8.81. The molecule has 40 heavy (non-hydrogen) atoms. The van der Waals surface area contributed by atoms with Crippen LogP contribution in [0, 0.1) is 0 Å². The molecule has 1 N–H and O–H groups in total. The molecule has 2 aromatic rings. The lowest BCUT2D eigenvalue weighted by molar-refractivity contribution is -0.00222. The summed E-state index contributed by atoms with van der Waals surface area (Å²) in [6, 6.07) is 15.7. The minimum atomic E-state index is -0.346. The van der Waals surface area contributed by atoms with Crippen LogP contribution >= 0.6 is 0 Å². The van der Waals surface area contributed by atoms with E-state index >= 15 is 0 Å². The number of unbranched alkanes of at least 4 members (excludes halogenated alkanes) is 6. The molecule has 0 bridgehead atoms. The van der Waals surface area contributed by atoms with E-state index in [0.717, 1.165) is 37.2 Å². The lowest BCUT2D eigenvalue weighted by Crippen LogP contribution is -2.15. The summed E-state index contributed by atoms with van der Waals surface area (Å²) in [5.41, 5.74) is 2.91. The van der Waals surface area contributed by atoms with Crippen molar-refractivity contribution in [2.75, 3.05) is 64.7 Å². The van der Waals surface area contributed by atoms with Gasteiger partial charge in [-0.05, 0) is 61.2 Å². The summed E-state index contributed by atoms with van der Waals surface area (Å²) in [5.74, 6) is 0.531. The van der Waals surface area contributed by atoms with Crippen LogP contribution in [0.2, 0.25) is 0 Å². The van der Waals surface area contributed by atoms with Gasteiger partial charge in [0.05, 0.1) is 45.2 Å². The van der Waals surface area contributed by atoms with Gasteiger partial charge < -0.3 is 29.0 Å². The maximum atomic E-state index is 12.1. The largest absolute Gasteiger partial charge is 0.491 e. The quantitative estimate of drug-likeness (QED) is 0.103. The van der Waals surface area contributed by atoms with Crippen molar-refractivity contribution in [3.63, 3.8) is 0 Å². The van der Waals surface area contributed by atoms with Crippen LogP contribution in [0.4, 0.5) is 5.69 Å². The van der Waals surface area contributed by atoms with Gasteiger partial charge >= 0.3 is 5.97 Å². The van der Waals surface area contributed by atoms with E-state index in [1.54, 1.807) is 12.1 Å². The number of rotatable bonds is 25. The van der Waals surface area contributed by atoms with Crippen LogP contribution in [0.15, 0.2) is 48.5 Å². The molecule has 0 atom stereocenters. The number of ether oxygens (including phenoxy) is 5. The van der Waals surface area contributed by atoms with Gasteiger partial charge in [0.15, 0.2) is 0 Å². The van der Waals surface area contributed by atoms with E-state index in [-0.39, 0.29) is 12.6 Å². The molecule has 0 saturated carbocycles. The van der Waals surface area contributed by atoms with E-state index in [0.29, 0.717) is 51.8 Å². The van der Waals surface area contributed by atoms with Crippen molar-refractivity contribution in [1.29, 1.82) is 0 Å². The Morgan fingerprint density at radius 2 is 1.20 bits per heavy atom. The van der Waals surface area contributed by atoms with E-state index in [9.17, 15) is 4.79 Å². The van der Waals surface area contributed by atoms with Gasteiger partial charge in [0, 0.05) is 12.2 Å². The first-order valence-electron chi connectivity index (χ1n) is 15.2. The van der Waals surface area contributed by atoms with Gasteiger partial charge in [-0.2, -0.15) is 0 Å². The molecule has 0 spiro atoms. The van der Waals surface area contributed by atoms with E-state index in [2.05, 4.69) is 31.3 Å². The smallest absolute Gasteiger partial charge is 0.338 e. The van der Waals surface area contributed by atoms with Gasteiger partial charge in [0.25, 0.3) is 0 Å². The zero-order valence-electron chi connectivity index (χ0n) is 24.8. The number of aryl methyl sites for hydroxylation is 1. The molecule has 0 radical (unpaired) electrons. The van der Waals surface area contributed by atoms with Crippen molar-refractivity contribution in [3.05, 3.63) is 59.7 Å². The molecule has 224 valence electrons. The minimum Gasteiger partial charge on any atom is -0.491 e. The topological polar surface area (TPSA) is 75.2 Å². The van der Waals surface area contributed by atoms with Crippen LogP contribution in [-0.2, 0) is 25.4 Å². The Morgan fingerprint density at radius 3 is 1.85 bits per heavy atom. The number of esters is 1. The Hall–Kier alpha value is -2.61. The predicted molar refractivity (Wildman–Crippen MR) is 162 cm³/mol. The third-order valence-corrected chi connectivity index (χ3v) is 6.42. The summed E-state index contributed by atoms with van der Waals surface area (Å²) in [4.78, 5) is 12.1. The normalized spacial score (nSPS) is 10.9. The second kappa shape index (κ2) is 23.1. The van der Waals surface area contributed by atoms with Crippen molar-refractivity contribution in [2.24, 2.45) is 0 Å². The Kier molecular flexibility index (Phi) is 19.4. The summed E-state index contributed by atoms with van der Waals surface area (Å²) in [6.07, 6.45) is 11.3. The van der Waals surface area contributed by atoms with Gasteiger partial charge in [-0.15, -0.1) is 0 Å². The second-order valence-electron chi connectivity index (χ2n) is 9.84. The molecule has 0 amide bonds. The van der Waals surface area contributed by atoms with Crippen LogP contribution in [0.5, 0.6) is 5.75 Å². The molecular formula is C33H51NO6. The Bertz CT molecular complexity index is 872. The summed E-state index contributed by atoms with van der Waals surface area (Å²) in [7, 11) is 0. The van der Waals surface area contributed by atoms with Crippen molar-refractivity contribution in [1.82, 2.24) is 0 Å². The Morgan fingerprint density at radius 1 is 0.625 bits per heavy atom. The predicted octanol–water partition coefficient (Wildman–Crippen LogP) is 7.09. The lowest BCUT2D eigenvalue weighted by Gasteiger charge is -2.09. The van der Waals surface area contributed by atoms with Crippen LogP contribution in [0.3, 0.4) is 0 Å². The van der Waals surface area contributed by atoms with Crippen molar-refractivity contribution >= 4 is 11.7 Å². The standard InChI is InChI=1S/C33H51NO6/c1-3-5-7-8-9-10-11-29-12-18-32(19-13-29)39-27-25-37-23-21-36-22-24-38-26-28-40-33(35)30-14-16-31(17-15-30)34-20-6-4-2/h12-19,34H,3-11,20-28H2,1-2H3. The van der Waals surface area contributed by atoms with Gasteiger partial charge in [0.1, 0.15) is 19.0 Å². The fourth-order valence-corrected chi connectivity index (χ4v) is 4.03. The highest BCUT2D eigenvalue weighted by Crippen LogP contribution is 2.15. The van der Waals surface area contributed by atoms with Crippen LogP contribution in [-0.4, -0.2) is 65.4 Å². The van der Waals surface area contributed by atoms with Gasteiger partial charge in [0.2, 0.25) is 0 Å². The number of hydrogen-bond acceptors (Lipinski definition) is 7. The summed E-state index contributed by atoms with van der Waals surface area (Å²) >= 11 is 0. The number of carbonyl (C=O) groups is 1. The number of anilines is 1. The zero-order chi connectivity index (χ0) is 28.5. The lowest BCUT2D eigenvalue weighted by atomic mass is 10.0. The van der Waals surface area contributed by atoms with Gasteiger partial charge in [-0.3, -0.25) is 0 Å². The molecule has 2 aromatic carbocycles. The first-order chi connectivity index (χ1) is 19.7. The van der Waals surface area contributed by atoms with Crippen LogP contribution < -0.4 is 10.1 Å². The van der Waals surface area contributed by atoms with Crippen molar-refractivity contribution in [2.45, 2.75) is 71.6 Å². The molecule has 0 aliphatic rings. The van der Waals surface area contributed by atoms with Crippen molar-refractivity contribution in [3.8, 4) is 5.75 Å². The maximum absolute atomic E-state index is 12.1. The molecule has 0 saturated heterocycles. The molecule has 0 fully saturated rings. The van der Waals surface area contributed by atoms with E-state index in [4.69, 9.17) is 23.7 Å². The third-order valence-electron chi connectivity index (χ3n) is 6.42. The zero-order valence-corrected chi connectivity index (χ0v) is 24.8. The molecule has 2 rings (SSSR count). The van der Waals surface area contributed by atoms with Crippen molar-refractivity contribution < 1.29 is 28.5 Å². The molecule has 7 heteroatoms. The van der Waals surface area contributed by atoms with E-state index in [1.807, 2.05) is 24.3 Å². The average Bonchev–Trinajstić information content (AvgIpc) is 2.98. The van der Waals surface area contributed by atoms with Crippen LogP contribution in [0.25, 0.3) is 0 Å². The van der Waals surface area contributed by atoms with Gasteiger partial charge in [-0.25, -0.2) is 4.79 Å². The van der Waals surface area contributed by atoms with E-state index in [1.165, 1.54) is 44.1 Å². The van der Waals surface area contributed by atoms with Gasteiger partial charge in [-0.1, -0.05) is 64.5 Å². The highest BCUT2D eigenvalue weighted by Gasteiger charge is 2.06. The molecule has 0 unspecified atom stereocenters. The molecule has 7 nitrogen and oxygen atoms in total. The molecular weight excluding hydrogens is 506 g/mol. The molecule has 0 heterocycles. The first kappa shape index (κ1) is 33.6. The molecule has 0 aliphatic carbocycles. The maximum Gasteiger partial charge on any atom is 0.338 e. The number of hydrogen-bond donors (Lipinski definition) is 1. The molecule has 0 aromatic heterocycles. The average molecular weight is 558 g/mol. The monoisotopic (exact) mass is 557 g/mol. The first-order valence-corrected chi connectivity index (χ1v) is 15.2. The SMILES string of the molecule is CCCCCCCCc1ccc(OCCOCCOCCOCCOC(=O)c2ccc(NCCCC)cc2)cc1.